The van der Waals surface area contributed by atoms with Crippen LogP contribution in [0.3, 0.4) is 0 Å². The summed E-state index contributed by atoms with van der Waals surface area (Å²) in [7, 11) is 1.46. The van der Waals surface area contributed by atoms with Crippen molar-refractivity contribution in [2.75, 3.05) is 6.54 Å². The normalized spacial score (nSPS) is 11.3. The molecule has 1 amide bonds. The zero-order chi connectivity index (χ0) is 14.5. The van der Waals surface area contributed by atoms with Crippen LogP contribution in [0.4, 0.5) is 0 Å². The van der Waals surface area contributed by atoms with Gasteiger partial charge < -0.3 is 5.32 Å². The number of amides is 1. The Balaban J connectivity index is 2.84. The highest BCUT2D eigenvalue weighted by atomic mass is 35.7. The first-order chi connectivity index (χ1) is 8.86. The molecule has 1 N–H and O–H groups in total. The van der Waals surface area contributed by atoms with Crippen molar-refractivity contribution < 1.29 is 13.2 Å². The molecule has 0 fully saturated rings. The van der Waals surface area contributed by atoms with E-state index in [0.717, 1.165) is 24.8 Å². The summed E-state index contributed by atoms with van der Waals surface area (Å²) in [4.78, 5) is 11.9. The number of benzene rings is 1. The van der Waals surface area contributed by atoms with Crippen LogP contribution in [0.25, 0.3) is 0 Å². The largest absolute Gasteiger partial charge is 0.352 e. The van der Waals surface area contributed by atoms with E-state index < -0.39 is 9.05 Å². The lowest BCUT2D eigenvalue weighted by Gasteiger charge is -2.08. The Hall–Kier alpha value is -1.07. The first kappa shape index (κ1) is 16.0. The molecule has 0 aliphatic heterocycles. The molecule has 0 saturated carbocycles. The van der Waals surface area contributed by atoms with Crippen LogP contribution in [0.15, 0.2) is 23.1 Å². The van der Waals surface area contributed by atoms with E-state index in [1.807, 2.05) is 0 Å². The van der Waals surface area contributed by atoms with E-state index in [4.69, 9.17) is 10.7 Å². The Bertz CT molecular complexity index is 555. The van der Waals surface area contributed by atoms with Gasteiger partial charge in [-0.1, -0.05) is 25.8 Å². The number of carbonyl (C=O) groups excluding carboxylic acids is 1. The van der Waals surface area contributed by atoms with E-state index in [-0.39, 0.29) is 10.8 Å². The summed E-state index contributed by atoms with van der Waals surface area (Å²) in [6.07, 6.45) is 3.04. The van der Waals surface area contributed by atoms with Crippen LogP contribution in [-0.2, 0) is 9.05 Å². The minimum absolute atomic E-state index is 0.0570. The average molecular weight is 304 g/mol. The Morgan fingerprint density at radius 1 is 1.32 bits per heavy atom. The molecule has 0 bridgehead atoms. The average Bonchev–Trinajstić information content (AvgIpc) is 2.33. The van der Waals surface area contributed by atoms with E-state index in [9.17, 15) is 13.2 Å². The highest BCUT2D eigenvalue weighted by Crippen LogP contribution is 2.19. The smallest absolute Gasteiger partial charge is 0.261 e. The predicted molar refractivity (Wildman–Crippen MR) is 76.1 cm³/mol. The van der Waals surface area contributed by atoms with Gasteiger partial charge in [-0.25, -0.2) is 8.42 Å². The molecule has 6 heteroatoms. The molecule has 0 unspecified atom stereocenters. The molecule has 4 nitrogen and oxygen atoms in total. The van der Waals surface area contributed by atoms with Gasteiger partial charge in [0.25, 0.3) is 15.0 Å². The highest BCUT2D eigenvalue weighted by molar-refractivity contribution is 8.13. The molecular weight excluding hydrogens is 286 g/mol. The zero-order valence-corrected chi connectivity index (χ0v) is 12.6. The molecule has 0 atom stereocenters. The molecule has 106 valence electrons. The van der Waals surface area contributed by atoms with Crippen molar-refractivity contribution in [2.24, 2.45) is 0 Å². The first-order valence-electron chi connectivity index (χ1n) is 6.19. The van der Waals surface area contributed by atoms with Crippen LogP contribution in [0.1, 0.15) is 42.1 Å². The Morgan fingerprint density at radius 3 is 2.58 bits per heavy atom. The van der Waals surface area contributed by atoms with Crippen molar-refractivity contribution in [3.05, 3.63) is 29.3 Å². The molecule has 0 saturated heterocycles. The van der Waals surface area contributed by atoms with Gasteiger partial charge in [0, 0.05) is 22.8 Å². The topological polar surface area (TPSA) is 63.2 Å². The summed E-state index contributed by atoms with van der Waals surface area (Å²) in [6.45, 7) is 4.43. The van der Waals surface area contributed by atoms with Gasteiger partial charge in [0.1, 0.15) is 0 Å². The molecule has 19 heavy (non-hydrogen) atoms. The molecule has 0 aliphatic carbocycles. The van der Waals surface area contributed by atoms with Gasteiger partial charge in [0.15, 0.2) is 0 Å². The van der Waals surface area contributed by atoms with Crippen molar-refractivity contribution in [1.29, 1.82) is 0 Å². The zero-order valence-electron chi connectivity index (χ0n) is 11.1. The van der Waals surface area contributed by atoms with Crippen LogP contribution in [0, 0.1) is 6.92 Å². The fraction of sp³-hybridized carbons (Fsp3) is 0.462. The number of halogens is 1. The van der Waals surface area contributed by atoms with Gasteiger partial charge in [-0.2, -0.15) is 0 Å². The second kappa shape index (κ2) is 6.91. The third-order valence-corrected chi connectivity index (χ3v) is 4.15. The molecule has 0 spiro atoms. The van der Waals surface area contributed by atoms with Crippen molar-refractivity contribution in [1.82, 2.24) is 5.32 Å². The van der Waals surface area contributed by atoms with E-state index >= 15 is 0 Å². The van der Waals surface area contributed by atoms with Crippen molar-refractivity contribution in [3.8, 4) is 0 Å². The van der Waals surface area contributed by atoms with Crippen LogP contribution in [0.2, 0.25) is 0 Å². The Labute approximate surface area is 118 Å². The van der Waals surface area contributed by atoms with Crippen molar-refractivity contribution in [2.45, 2.75) is 38.0 Å². The molecule has 0 radical (unpaired) electrons. The maximum absolute atomic E-state index is 12.0. The van der Waals surface area contributed by atoms with Crippen LogP contribution < -0.4 is 5.32 Å². The molecular formula is C13H18ClNO3S. The van der Waals surface area contributed by atoms with Crippen LogP contribution in [0.5, 0.6) is 0 Å². The Morgan fingerprint density at radius 2 is 2.00 bits per heavy atom. The fourth-order valence-electron chi connectivity index (χ4n) is 1.67. The second-order valence-corrected chi connectivity index (χ2v) is 6.94. The quantitative estimate of drug-likeness (QED) is 0.649. The van der Waals surface area contributed by atoms with Gasteiger partial charge in [0.2, 0.25) is 0 Å². The SMILES string of the molecule is CCCCCNC(=O)c1cc(S(=O)(=O)Cl)ccc1C. The number of aryl methyl sites for hydroxylation is 1. The van der Waals surface area contributed by atoms with E-state index in [1.165, 1.54) is 12.1 Å². The number of carbonyl (C=O) groups is 1. The van der Waals surface area contributed by atoms with Crippen LogP contribution >= 0.6 is 10.7 Å². The molecule has 1 aromatic carbocycles. The molecule has 0 heterocycles. The number of rotatable bonds is 6. The lowest BCUT2D eigenvalue weighted by atomic mass is 10.1. The molecule has 1 aromatic rings. The summed E-state index contributed by atoms with van der Waals surface area (Å²) in [6, 6.07) is 4.29. The lowest BCUT2D eigenvalue weighted by molar-refractivity contribution is 0.0952. The number of hydrogen-bond acceptors (Lipinski definition) is 3. The summed E-state index contributed by atoms with van der Waals surface area (Å²) in [5.41, 5.74) is 1.07. The first-order valence-corrected chi connectivity index (χ1v) is 8.50. The van der Waals surface area contributed by atoms with Gasteiger partial charge in [-0.3, -0.25) is 4.79 Å². The molecule has 0 aliphatic rings. The third-order valence-electron chi connectivity index (χ3n) is 2.80. The van der Waals surface area contributed by atoms with E-state index in [2.05, 4.69) is 12.2 Å². The number of unbranched alkanes of at least 4 members (excludes halogenated alkanes) is 2. The van der Waals surface area contributed by atoms with Gasteiger partial charge in [-0.15, -0.1) is 0 Å². The second-order valence-electron chi connectivity index (χ2n) is 4.38. The number of hydrogen-bond donors (Lipinski definition) is 1. The van der Waals surface area contributed by atoms with Crippen molar-refractivity contribution >= 4 is 25.6 Å². The molecule has 0 aromatic heterocycles. The standard InChI is InChI=1S/C13H18ClNO3S/c1-3-4-5-8-15-13(16)12-9-11(19(14,17)18)7-6-10(12)2/h6-7,9H,3-5,8H2,1-2H3,(H,15,16). The summed E-state index contributed by atoms with van der Waals surface area (Å²) in [5.74, 6) is -0.268. The molecule has 1 rings (SSSR count). The third kappa shape index (κ3) is 4.84. The Kier molecular flexibility index (Phi) is 5.82. The van der Waals surface area contributed by atoms with Crippen molar-refractivity contribution in [3.63, 3.8) is 0 Å². The lowest BCUT2D eigenvalue weighted by Crippen LogP contribution is -2.25. The summed E-state index contributed by atoms with van der Waals surface area (Å²) < 4.78 is 22.5. The van der Waals surface area contributed by atoms with E-state index in [1.54, 1.807) is 13.0 Å². The van der Waals surface area contributed by atoms with Crippen LogP contribution in [-0.4, -0.2) is 20.9 Å². The van der Waals surface area contributed by atoms with Gasteiger partial charge in [0.05, 0.1) is 4.90 Å². The summed E-state index contributed by atoms with van der Waals surface area (Å²) >= 11 is 0. The predicted octanol–water partition coefficient (Wildman–Crippen LogP) is 2.84. The highest BCUT2D eigenvalue weighted by Gasteiger charge is 2.15. The van der Waals surface area contributed by atoms with Gasteiger partial charge in [-0.05, 0) is 31.0 Å². The maximum Gasteiger partial charge on any atom is 0.261 e. The maximum atomic E-state index is 12.0. The minimum Gasteiger partial charge on any atom is -0.352 e. The fourth-order valence-corrected chi connectivity index (χ4v) is 2.45. The van der Waals surface area contributed by atoms with E-state index in [0.29, 0.717) is 12.1 Å². The summed E-state index contributed by atoms with van der Waals surface area (Å²) in [5, 5.41) is 2.78. The monoisotopic (exact) mass is 303 g/mol. The number of nitrogens with one attached hydrogen (secondary N) is 1. The minimum atomic E-state index is -3.81. The van der Waals surface area contributed by atoms with Gasteiger partial charge >= 0.3 is 0 Å².